The number of fused-ring (bicyclic) bond motifs is 5. The van der Waals surface area contributed by atoms with Gasteiger partial charge in [-0.3, -0.25) is 0 Å². The minimum absolute atomic E-state index is 1.12. The van der Waals surface area contributed by atoms with Crippen LogP contribution in [-0.4, -0.2) is 4.57 Å². The van der Waals surface area contributed by atoms with Gasteiger partial charge in [0.25, 0.3) is 0 Å². The van der Waals surface area contributed by atoms with Gasteiger partial charge in [0.1, 0.15) is 0 Å². The van der Waals surface area contributed by atoms with Crippen molar-refractivity contribution in [2.75, 3.05) is 4.90 Å². The summed E-state index contributed by atoms with van der Waals surface area (Å²) in [6.07, 6.45) is 0. The van der Waals surface area contributed by atoms with Crippen molar-refractivity contribution < 1.29 is 0 Å². The van der Waals surface area contributed by atoms with Crippen molar-refractivity contribution in [3.63, 3.8) is 0 Å². The summed E-state index contributed by atoms with van der Waals surface area (Å²) >= 11 is 0. The molecule has 50 heavy (non-hydrogen) atoms. The molecule has 0 fully saturated rings. The molecule has 0 N–H and O–H groups in total. The molecule has 0 unspecified atom stereocenters. The van der Waals surface area contributed by atoms with E-state index in [2.05, 4.69) is 195 Å². The molecule has 240 valence electrons. The summed E-state index contributed by atoms with van der Waals surface area (Å²) in [4.78, 5) is 2.47. The van der Waals surface area contributed by atoms with Crippen LogP contribution < -0.4 is 4.90 Å². The molecular weight excluding hydrogens is 605 g/mol. The lowest BCUT2D eigenvalue weighted by atomic mass is 9.86. The van der Waals surface area contributed by atoms with Crippen LogP contribution in [0, 0.1) is 27.7 Å². The van der Waals surface area contributed by atoms with E-state index in [9.17, 15) is 0 Å². The van der Waals surface area contributed by atoms with E-state index in [0.717, 1.165) is 17.1 Å². The van der Waals surface area contributed by atoms with Crippen LogP contribution in [0.3, 0.4) is 0 Å². The zero-order chi connectivity index (χ0) is 33.9. The second kappa shape index (κ2) is 11.8. The molecule has 0 aliphatic carbocycles. The maximum absolute atomic E-state index is 2.47. The van der Waals surface area contributed by atoms with E-state index < -0.39 is 0 Å². The second-order valence-corrected chi connectivity index (χ2v) is 13.6. The molecule has 0 bridgehead atoms. The Morgan fingerprint density at radius 3 is 1.32 bits per heavy atom. The Labute approximate surface area is 293 Å². The van der Waals surface area contributed by atoms with E-state index >= 15 is 0 Å². The van der Waals surface area contributed by atoms with E-state index in [1.54, 1.807) is 0 Å². The lowest BCUT2D eigenvalue weighted by molar-refractivity contribution is 1.17. The quantitative estimate of drug-likeness (QED) is 0.170. The molecule has 0 radical (unpaired) electrons. The molecule has 0 atom stereocenters. The summed E-state index contributed by atoms with van der Waals surface area (Å²) in [5, 5.41) is 7.58. The highest BCUT2D eigenvalue weighted by atomic mass is 15.1. The topological polar surface area (TPSA) is 8.17 Å². The lowest BCUT2D eigenvalue weighted by Gasteiger charge is -2.30. The summed E-state index contributed by atoms with van der Waals surface area (Å²) in [6, 6.07) is 57.9. The predicted octanol–water partition coefficient (Wildman–Crippen LogP) is 13.5. The highest BCUT2D eigenvalue weighted by Crippen LogP contribution is 2.49. The van der Waals surface area contributed by atoms with Crippen molar-refractivity contribution >= 4 is 60.4 Å². The van der Waals surface area contributed by atoms with Crippen molar-refractivity contribution in [2.45, 2.75) is 27.7 Å². The van der Waals surface area contributed by atoms with Crippen molar-refractivity contribution in [1.29, 1.82) is 0 Å². The molecule has 8 aromatic carbocycles. The molecule has 0 saturated heterocycles. The first-order valence-electron chi connectivity index (χ1n) is 17.4. The van der Waals surface area contributed by atoms with Gasteiger partial charge in [-0.1, -0.05) is 97.1 Å². The number of aromatic nitrogens is 1. The van der Waals surface area contributed by atoms with Crippen molar-refractivity contribution in [2.24, 2.45) is 0 Å². The molecule has 1 aromatic heterocycles. The summed E-state index contributed by atoms with van der Waals surface area (Å²) < 4.78 is 2.39. The largest absolute Gasteiger partial charge is 0.309 e. The molecule has 0 spiro atoms. The predicted molar refractivity (Wildman–Crippen MR) is 215 cm³/mol. The van der Waals surface area contributed by atoms with Gasteiger partial charge in [-0.15, -0.1) is 0 Å². The van der Waals surface area contributed by atoms with Crippen LogP contribution in [0.4, 0.5) is 17.1 Å². The van der Waals surface area contributed by atoms with Crippen LogP contribution in [0.5, 0.6) is 0 Å². The maximum Gasteiger partial charge on any atom is 0.0619 e. The van der Waals surface area contributed by atoms with Gasteiger partial charge in [0, 0.05) is 38.6 Å². The second-order valence-electron chi connectivity index (χ2n) is 13.6. The molecule has 2 heteroatoms. The number of nitrogens with zero attached hydrogens (tertiary/aromatic N) is 2. The first-order chi connectivity index (χ1) is 24.5. The zero-order valence-electron chi connectivity index (χ0n) is 28.9. The van der Waals surface area contributed by atoms with Crippen LogP contribution >= 0.6 is 0 Å². The minimum Gasteiger partial charge on any atom is -0.309 e. The van der Waals surface area contributed by atoms with Crippen molar-refractivity contribution in [3.05, 3.63) is 180 Å². The number of para-hydroxylation sites is 3. The molecular formula is C48H38N2. The third-order valence-electron chi connectivity index (χ3n) is 10.6. The van der Waals surface area contributed by atoms with Crippen LogP contribution in [0.2, 0.25) is 0 Å². The maximum atomic E-state index is 2.47. The Bertz CT molecular complexity index is 2600. The molecule has 2 nitrogen and oxygen atoms in total. The average molecular weight is 643 g/mol. The fraction of sp³-hybridized carbons (Fsp3) is 0.0833. The Morgan fingerprint density at radius 1 is 0.380 bits per heavy atom. The molecule has 0 saturated carbocycles. The van der Waals surface area contributed by atoms with Gasteiger partial charge in [0.05, 0.1) is 16.7 Å². The number of anilines is 3. The van der Waals surface area contributed by atoms with Gasteiger partial charge in [-0.05, 0) is 133 Å². The minimum atomic E-state index is 1.12. The van der Waals surface area contributed by atoms with E-state index in [1.165, 1.54) is 82.4 Å². The number of hydrogen-bond donors (Lipinski definition) is 0. The Hall–Kier alpha value is -6.12. The molecule has 0 aliphatic rings. The number of hydrogen-bond acceptors (Lipinski definition) is 1. The van der Waals surface area contributed by atoms with E-state index in [4.69, 9.17) is 0 Å². The Kier molecular flexibility index (Phi) is 7.07. The van der Waals surface area contributed by atoms with Gasteiger partial charge in [0.15, 0.2) is 0 Å². The first-order valence-corrected chi connectivity index (χ1v) is 17.4. The summed E-state index contributed by atoms with van der Waals surface area (Å²) in [5.41, 5.74) is 14.7. The van der Waals surface area contributed by atoms with Crippen LogP contribution in [0.1, 0.15) is 22.3 Å². The number of aryl methyl sites for hydroxylation is 4. The van der Waals surface area contributed by atoms with Crippen molar-refractivity contribution in [1.82, 2.24) is 4.57 Å². The highest BCUT2D eigenvalue weighted by molar-refractivity contribution is 6.23. The molecule has 1 heterocycles. The van der Waals surface area contributed by atoms with Crippen LogP contribution in [-0.2, 0) is 0 Å². The standard InChI is InChI=1S/C48H38N2/c1-31-27-41-43(29-33(31)3)48(44-30-34(4)32(2)28-42(44)47(41)35-15-7-5-8-16-35)49(36-17-9-6-10-18-36)37-23-25-38(26-24-37)50-45-21-13-11-19-39(45)40-20-12-14-22-46(40)50/h5-30H,1-4H3. The van der Waals surface area contributed by atoms with Crippen molar-refractivity contribution in [3.8, 4) is 16.8 Å². The molecule has 9 rings (SSSR count). The third kappa shape index (κ3) is 4.71. The van der Waals surface area contributed by atoms with E-state index in [-0.39, 0.29) is 0 Å². The van der Waals surface area contributed by atoms with Gasteiger partial charge in [-0.25, -0.2) is 0 Å². The monoisotopic (exact) mass is 642 g/mol. The van der Waals surface area contributed by atoms with Gasteiger partial charge < -0.3 is 9.47 Å². The Morgan fingerprint density at radius 2 is 0.800 bits per heavy atom. The SMILES string of the molecule is Cc1cc2c(-c3ccccc3)c3cc(C)c(C)cc3c(N(c3ccccc3)c3ccc(-n4c5ccccc5c5ccccc54)cc3)c2cc1C. The highest BCUT2D eigenvalue weighted by Gasteiger charge is 2.24. The van der Waals surface area contributed by atoms with E-state index in [1.807, 2.05) is 0 Å². The smallest absolute Gasteiger partial charge is 0.0619 e. The summed E-state index contributed by atoms with van der Waals surface area (Å²) in [7, 11) is 0. The summed E-state index contributed by atoms with van der Waals surface area (Å²) in [6.45, 7) is 8.93. The van der Waals surface area contributed by atoms with Crippen LogP contribution in [0.15, 0.2) is 158 Å². The summed E-state index contributed by atoms with van der Waals surface area (Å²) in [5.74, 6) is 0. The first kappa shape index (κ1) is 30.0. The zero-order valence-corrected chi connectivity index (χ0v) is 28.9. The molecule has 9 aromatic rings. The normalized spacial score (nSPS) is 11.6. The van der Waals surface area contributed by atoms with Gasteiger partial charge >= 0.3 is 0 Å². The Balaban J connectivity index is 1.35. The number of rotatable bonds is 5. The van der Waals surface area contributed by atoms with E-state index in [0.29, 0.717) is 0 Å². The van der Waals surface area contributed by atoms with Crippen LogP contribution in [0.25, 0.3) is 60.2 Å². The fourth-order valence-corrected chi connectivity index (χ4v) is 7.82. The van der Waals surface area contributed by atoms with Gasteiger partial charge in [-0.2, -0.15) is 0 Å². The molecule has 0 aliphatic heterocycles. The average Bonchev–Trinajstić information content (AvgIpc) is 3.49. The third-order valence-corrected chi connectivity index (χ3v) is 10.6. The lowest BCUT2D eigenvalue weighted by Crippen LogP contribution is -2.12. The van der Waals surface area contributed by atoms with Gasteiger partial charge in [0.2, 0.25) is 0 Å². The number of benzene rings is 8. The fourth-order valence-electron chi connectivity index (χ4n) is 7.82. The molecule has 0 amide bonds.